The minimum atomic E-state index is -0.175. The van der Waals surface area contributed by atoms with Gasteiger partial charge in [0.05, 0.1) is 18.6 Å². The number of hydrogen-bond donors (Lipinski definition) is 1. The summed E-state index contributed by atoms with van der Waals surface area (Å²) in [6, 6.07) is 16.2. The smallest absolute Gasteiger partial charge is 0.260 e. The van der Waals surface area contributed by atoms with Gasteiger partial charge in [0.15, 0.2) is 6.61 Å². The zero-order chi connectivity index (χ0) is 23.8. The first-order valence-electron chi connectivity index (χ1n) is 11.7. The minimum absolute atomic E-state index is 0.0981. The molecule has 7 heteroatoms. The van der Waals surface area contributed by atoms with Gasteiger partial charge in [-0.3, -0.25) is 4.79 Å². The summed E-state index contributed by atoms with van der Waals surface area (Å²) in [5, 5.41) is 7.26. The van der Waals surface area contributed by atoms with Crippen molar-refractivity contribution in [3.8, 4) is 5.75 Å². The highest BCUT2D eigenvalue weighted by molar-refractivity contribution is 6.02. The first kappa shape index (κ1) is 23.5. The molecule has 0 fully saturated rings. The van der Waals surface area contributed by atoms with Gasteiger partial charge in [0.1, 0.15) is 12.4 Å². The second-order valence-electron chi connectivity index (χ2n) is 9.16. The van der Waals surface area contributed by atoms with E-state index in [1.165, 1.54) is 11.1 Å². The van der Waals surface area contributed by atoms with E-state index in [-0.39, 0.29) is 17.9 Å². The third kappa shape index (κ3) is 6.25. The summed E-state index contributed by atoms with van der Waals surface area (Å²) in [5.41, 5.74) is 4.16. The van der Waals surface area contributed by atoms with Crippen LogP contribution >= 0.6 is 0 Å². The molecule has 4 rings (SSSR count). The van der Waals surface area contributed by atoms with Crippen LogP contribution < -0.4 is 10.1 Å². The van der Waals surface area contributed by atoms with Crippen molar-refractivity contribution in [2.75, 3.05) is 19.8 Å². The molecule has 1 amide bonds. The number of ether oxygens (including phenoxy) is 1. The molecule has 34 heavy (non-hydrogen) atoms. The Labute approximate surface area is 200 Å². The fraction of sp³-hybridized carbons (Fsp3) is 0.370. The number of aromatic nitrogens is 2. The number of oxime groups is 1. The molecule has 1 aliphatic rings. The van der Waals surface area contributed by atoms with Gasteiger partial charge in [0, 0.05) is 29.9 Å². The van der Waals surface area contributed by atoms with Crippen LogP contribution in [0, 0.1) is 0 Å². The van der Waals surface area contributed by atoms with Gasteiger partial charge in [0.2, 0.25) is 0 Å². The molecule has 0 saturated heterocycles. The number of rotatable bonds is 10. The van der Waals surface area contributed by atoms with Gasteiger partial charge >= 0.3 is 0 Å². The summed E-state index contributed by atoms with van der Waals surface area (Å²) in [6.07, 6.45) is 8.26. The molecular formula is C27H32N4O3. The Kier molecular flexibility index (Phi) is 7.62. The first-order valence-corrected chi connectivity index (χ1v) is 11.7. The average molecular weight is 461 g/mol. The van der Waals surface area contributed by atoms with Crippen molar-refractivity contribution in [3.63, 3.8) is 0 Å². The van der Waals surface area contributed by atoms with Crippen molar-refractivity contribution < 1.29 is 14.4 Å². The van der Waals surface area contributed by atoms with E-state index in [4.69, 9.17) is 9.57 Å². The van der Waals surface area contributed by atoms with E-state index in [1.54, 1.807) is 12.5 Å². The van der Waals surface area contributed by atoms with E-state index >= 15 is 0 Å². The van der Waals surface area contributed by atoms with Crippen LogP contribution in [0.15, 0.2) is 72.4 Å². The summed E-state index contributed by atoms with van der Waals surface area (Å²) >= 11 is 0. The van der Waals surface area contributed by atoms with Gasteiger partial charge in [-0.25, -0.2) is 4.98 Å². The fourth-order valence-electron chi connectivity index (χ4n) is 4.04. The van der Waals surface area contributed by atoms with Crippen LogP contribution in [-0.2, 0) is 28.0 Å². The molecule has 0 bridgehead atoms. The topological polar surface area (TPSA) is 77.7 Å². The van der Waals surface area contributed by atoms with Crippen LogP contribution in [0.1, 0.15) is 43.4 Å². The Morgan fingerprint density at radius 3 is 2.82 bits per heavy atom. The number of aryl methyl sites for hydroxylation is 1. The molecule has 0 saturated carbocycles. The summed E-state index contributed by atoms with van der Waals surface area (Å²) in [7, 11) is 0. The lowest BCUT2D eigenvalue weighted by molar-refractivity contribution is -0.125. The fourth-order valence-corrected chi connectivity index (χ4v) is 4.04. The monoisotopic (exact) mass is 460 g/mol. The van der Waals surface area contributed by atoms with E-state index in [2.05, 4.69) is 47.5 Å². The van der Waals surface area contributed by atoms with Crippen LogP contribution in [0.4, 0.5) is 0 Å². The van der Waals surface area contributed by atoms with Crippen LogP contribution in [0.3, 0.4) is 0 Å². The van der Waals surface area contributed by atoms with Gasteiger partial charge in [-0.15, -0.1) is 0 Å². The number of carbonyl (C=O) groups is 1. The molecule has 7 nitrogen and oxygen atoms in total. The molecular weight excluding hydrogens is 428 g/mol. The van der Waals surface area contributed by atoms with Gasteiger partial charge in [0.25, 0.3) is 5.91 Å². The molecule has 3 aromatic rings. The number of imidazole rings is 1. The van der Waals surface area contributed by atoms with Gasteiger partial charge < -0.3 is 19.5 Å². The second kappa shape index (κ2) is 11.0. The molecule has 2 aromatic carbocycles. The lowest BCUT2D eigenvalue weighted by Crippen LogP contribution is -2.38. The second-order valence-corrected chi connectivity index (χ2v) is 9.16. The molecule has 0 aliphatic heterocycles. The quantitative estimate of drug-likeness (QED) is 0.462. The van der Waals surface area contributed by atoms with Crippen molar-refractivity contribution in [3.05, 3.63) is 83.9 Å². The summed E-state index contributed by atoms with van der Waals surface area (Å²) < 4.78 is 7.89. The van der Waals surface area contributed by atoms with Crippen molar-refractivity contribution in [2.24, 2.45) is 5.16 Å². The number of amides is 1. The van der Waals surface area contributed by atoms with E-state index in [9.17, 15) is 4.79 Å². The zero-order valence-corrected chi connectivity index (χ0v) is 19.9. The molecule has 0 unspecified atom stereocenters. The standard InChI is InChI=1S/C27H32N4O3/c1-27(2,22-8-4-3-5-9-22)19-29-26(32)18-34-30-25-10-6-7-21-17-23(11-12-24(21)25)33-16-15-31-14-13-28-20-31/h3-5,8-9,11-14,17,20H,6-7,10,15-16,18-19H2,1-2H3,(H,29,32)/b30-25-. The number of benzene rings is 2. The SMILES string of the molecule is CC(C)(CNC(=O)CO/N=C1/CCCc2cc(OCCn3ccnc3)ccc21)c1ccccc1. The minimum Gasteiger partial charge on any atom is -0.492 e. The number of nitrogens with zero attached hydrogens (tertiary/aromatic N) is 3. The van der Waals surface area contributed by atoms with E-state index in [1.807, 2.05) is 41.1 Å². The number of hydrogen-bond acceptors (Lipinski definition) is 5. The van der Waals surface area contributed by atoms with E-state index in [0.29, 0.717) is 13.2 Å². The Bertz CT molecular complexity index is 1110. The maximum absolute atomic E-state index is 12.3. The third-order valence-corrected chi connectivity index (χ3v) is 6.08. The average Bonchev–Trinajstić information content (AvgIpc) is 3.37. The normalized spacial score (nSPS) is 14.5. The molecule has 1 aromatic heterocycles. The maximum Gasteiger partial charge on any atom is 0.260 e. The molecule has 1 heterocycles. The third-order valence-electron chi connectivity index (χ3n) is 6.08. The van der Waals surface area contributed by atoms with Gasteiger partial charge in [-0.2, -0.15) is 0 Å². The van der Waals surface area contributed by atoms with Crippen LogP contribution in [-0.4, -0.2) is 40.9 Å². The number of carbonyl (C=O) groups excluding carboxylic acids is 1. The maximum atomic E-state index is 12.3. The Balaban J connectivity index is 1.27. The van der Waals surface area contributed by atoms with Gasteiger partial charge in [-0.05, 0) is 48.6 Å². The van der Waals surface area contributed by atoms with Crippen LogP contribution in [0.25, 0.3) is 0 Å². The summed E-state index contributed by atoms with van der Waals surface area (Å²) in [5.74, 6) is 0.674. The first-order chi connectivity index (χ1) is 16.5. The Morgan fingerprint density at radius 1 is 1.18 bits per heavy atom. The highest BCUT2D eigenvalue weighted by atomic mass is 16.6. The molecule has 0 radical (unpaired) electrons. The number of fused-ring (bicyclic) bond motifs is 1. The summed E-state index contributed by atoms with van der Waals surface area (Å²) in [6.45, 7) is 5.98. The largest absolute Gasteiger partial charge is 0.492 e. The van der Waals surface area contributed by atoms with E-state index in [0.717, 1.165) is 42.8 Å². The van der Waals surface area contributed by atoms with Crippen molar-refractivity contribution in [2.45, 2.75) is 45.1 Å². The highest BCUT2D eigenvalue weighted by Crippen LogP contribution is 2.26. The van der Waals surface area contributed by atoms with E-state index < -0.39 is 0 Å². The zero-order valence-electron chi connectivity index (χ0n) is 19.9. The molecule has 178 valence electrons. The summed E-state index contributed by atoms with van der Waals surface area (Å²) in [4.78, 5) is 21.8. The van der Waals surface area contributed by atoms with Crippen molar-refractivity contribution >= 4 is 11.6 Å². The number of nitrogens with one attached hydrogen (secondary N) is 1. The predicted octanol–water partition coefficient (Wildman–Crippen LogP) is 4.11. The Morgan fingerprint density at radius 2 is 2.03 bits per heavy atom. The molecule has 0 spiro atoms. The highest BCUT2D eigenvalue weighted by Gasteiger charge is 2.21. The Hall–Kier alpha value is -3.61. The predicted molar refractivity (Wildman–Crippen MR) is 132 cm³/mol. The molecule has 0 atom stereocenters. The molecule has 1 N–H and O–H groups in total. The van der Waals surface area contributed by atoms with Crippen molar-refractivity contribution in [1.82, 2.24) is 14.9 Å². The molecule has 1 aliphatic carbocycles. The lowest BCUT2D eigenvalue weighted by atomic mass is 9.84. The lowest BCUT2D eigenvalue weighted by Gasteiger charge is -2.25. The van der Waals surface area contributed by atoms with Crippen LogP contribution in [0.2, 0.25) is 0 Å². The van der Waals surface area contributed by atoms with Crippen LogP contribution in [0.5, 0.6) is 5.75 Å². The van der Waals surface area contributed by atoms with Crippen molar-refractivity contribution in [1.29, 1.82) is 0 Å². The van der Waals surface area contributed by atoms with Gasteiger partial charge in [-0.1, -0.05) is 49.3 Å².